The van der Waals surface area contributed by atoms with E-state index >= 15 is 0 Å². The lowest BCUT2D eigenvalue weighted by molar-refractivity contribution is -0.154. The van der Waals surface area contributed by atoms with Gasteiger partial charge in [-0.3, -0.25) is 19.2 Å². The smallest absolute Gasteiger partial charge is 0.308 e. The Morgan fingerprint density at radius 2 is 1.38 bits per heavy atom. The second-order valence-corrected chi connectivity index (χ2v) is 4.48. The van der Waals surface area contributed by atoms with Crippen LogP contribution in [0.5, 0.6) is 0 Å². The highest BCUT2D eigenvalue weighted by Crippen LogP contribution is 2.22. The second kappa shape index (κ2) is 10.3. The number of carbonyl (C=O) groups excluding carboxylic acids is 4. The first-order valence-corrected chi connectivity index (χ1v) is 6.78. The number of carbonyl (C=O) groups is 4. The molecule has 0 spiro atoms. The second-order valence-electron chi connectivity index (χ2n) is 4.48. The fraction of sp³-hybridized carbons (Fsp3) is 0.571. The predicted molar refractivity (Wildman–Crippen MR) is 74.5 cm³/mol. The molecule has 0 radical (unpaired) electrons. The molecule has 0 aromatic heterocycles. The van der Waals surface area contributed by atoms with Crippen LogP contribution in [0.25, 0.3) is 0 Å². The molecule has 9 nitrogen and oxygen atoms in total. The lowest BCUT2D eigenvalue weighted by Crippen LogP contribution is -2.28. The first kappa shape index (κ1) is 21.5. The van der Waals surface area contributed by atoms with Crippen LogP contribution in [0.15, 0.2) is 11.5 Å². The van der Waals surface area contributed by atoms with Crippen molar-refractivity contribution in [3.63, 3.8) is 0 Å². The average molecular weight is 350 g/mol. The summed E-state index contributed by atoms with van der Waals surface area (Å²) in [6, 6.07) is 0. The zero-order valence-electron chi connectivity index (χ0n) is 13.7. The van der Waals surface area contributed by atoms with Gasteiger partial charge in [-0.05, 0) is 0 Å². The zero-order chi connectivity index (χ0) is 18.9. The summed E-state index contributed by atoms with van der Waals surface area (Å²) in [5, 5.41) is 9.12. The minimum atomic E-state index is -2.82. The fourth-order valence-corrected chi connectivity index (χ4v) is 1.55. The molecule has 0 rings (SSSR count). The molecular weight excluding hydrogens is 331 g/mol. The number of alkyl halides is 1. The van der Waals surface area contributed by atoms with Crippen molar-refractivity contribution in [2.24, 2.45) is 0 Å². The van der Waals surface area contributed by atoms with E-state index in [9.17, 15) is 23.6 Å². The Kier molecular flexibility index (Phi) is 9.25. The van der Waals surface area contributed by atoms with Gasteiger partial charge in [0.2, 0.25) is 5.76 Å². The van der Waals surface area contributed by atoms with Gasteiger partial charge < -0.3 is 24.1 Å². The molecule has 0 saturated carbocycles. The van der Waals surface area contributed by atoms with Crippen LogP contribution in [0, 0.1) is 0 Å². The molecule has 0 aromatic rings. The summed E-state index contributed by atoms with van der Waals surface area (Å²) in [6.45, 7) is 3.79. The van der Waals surface area contributed by atoms with Crippen molar-refractivity contribution >= 4 is 23.9 Å². The summed E-state index contributed by atoms with van der Waals surface area (Å²) in [5.41, 5.74) is 0. The topological polar surface area (TPSA) is 125 Å². The van der Waals surface area contributed by atoms with Gasteiger partial charge >= 0.3 is 23.9 Å². The largest absolute Gasteiger partial charge is 0.466 e. The van der Waals surface area contributed by atoms with E-state index in [-0.39, 0.29) is 13.0 Å². The number of esters is 4. The first-order chi connectivity index (χ1) is 11.0. The molecule has 24 heavy (non-hydrogen) atoms. The molecule has 1 N–H and O–H groups in total. The lowest BCUT2D eigenvalue weighted by Gasteiger charge is -2.22. The summed E-state index contributed by atoms with van der Waals surface area (Å²) in [4.78, 5) is 44.2. The minimum absolute atomic E-state index is 0.237. The van der Waals surface area contributed by atoms with E-state index in [0.29, 0.717) is 0 Å². The van der Waals surface area contributed by atoms with Gasteiger partial charge in [-0.25, -0.2) is 4.39 Å². The van der Waals surface area contributed by atoms with E-state index in [4.69, 9.17) is 14.6 Å². The third-order valence-corrected chi connectivity index (χ3v) is 2.25. The maximum atomic E-state index is 13.4. The molecule has 0 heterocycles. The van der Waals surface area contributed by atoms with Crippen LogP contribution in [0.1, 0.15) is 34.1 Å². The SMILES string of the molecule is CC(=O)OCCC(OC(C)=O)/C(OC(C)=O)=C(/OC(C)=O)C(O)F. The van der Waals surface area contributed by atoms with Crippen molar-refractivity contribution in [3.05, 3.63) is 11.5 Å². The predicted octanol–water partition coefficient (Wildman–Crippen LogP) is 0.497. The molecule has 0 aliphatic heterocycles. The summed E-state index contributed by atoms with van der Waals surface area (Å²) < 4.78 is 32.2. The van der Waals surface area contributed by atoms with Crippen molar-refractivity contribution in [3.8, 4) is 0 Å². The Morgan fingerprint density at radius 1 is 0.875 bits per heavy atom. The Balaban J connectivity index is 5.76. The van der Waals surface area contributed by atoms with Crippen LogP contribution in [0.2, 0.25) is 0 Å². The first-order valence-electron chi connectivity index (χ1n) is 6.78. The Bertz CT molecular complexity index is 524. The highest BCUT2D eigenvalue weighted by Gasteiger charge is 2.31. The highest BCUT2D eigenvalue weighted by atomic mass is 19.1. The quantitative estimate of drug-likeness (QED) is 0.378. The number of aliphatic hydroxyl groups excluding tert-OH is 1. The van der Waals surface area contributed by atoms with Gasteiger partial charge in [-0.2, -0.15) is 0 Å². The van der Waals surface area contributed by atoms with E-state index in [0.717, 1.165) is 27.7 Å². The van der Waals surface area contributed by atoms with E-state index in [1.807, 2.05) is 0 Å². The maximum Gasteiger partial charge on any atom is 0.308 e. The van der Waals surface area contributed by atoms with Gasteiger partial charge in [0, 0.05) is 34.1 Å². The molecule has 0 bridgehead atoms. The minimum Gasteiger partial charge on any atom is -0.466 e. The number of aliphatic hydroxyl groups is 1. The van der Waals surface area contributed by atoms with Crippen molar-refractivity contribution in [2.45, 2.75) is 46.6 Å². The lowest BCUT2D eigenvalue weighted by atomic mass is 10.2. The molecule has 0 aliphatic rings. The summed E-state index contributed by atoms with van der Waals surface area (Å²) in [7, 11) is 0. The number of hydrogen-bond donors (Lipinski definition) is 1. The zero-order valence-corrected chi connectivity index (χ0v) is 13.7. The van der Waals surface area contributed by atoms with Gasteiger partial charge in [0.25, 0.3) is 6.36 Å². The van der Waals surface area contributed by atoms with Crippen molar-refractivity contribution < 1.29 is 47.6 Å². The third kappa shape index (κ3) is 8.83. The number of hydrogen-bond acceptors (Lipinski definition) is 9. The van der Waals surface area contributed by atoms with Crippen molar-refractivity contribution in [1.82, 2.24) is 0 Å². The molecule has 0 saturated heterocycles. The van der Waals surface area contributed by atoms with Crippen LogP contribution < -0.4 is 0 Å². The number of halogens is 1. The molecular formula is C14H19FO9. The van der Waals surface area contributed by atoms with Crippen LogP contribution in [-0.4, -0.2) is 48.1 Å². The third-order valence-electron chi connectivity index (χ3n) is 2.25. The van der Waals surface area contributed by atoms with Gasteiger partial charge in [0.1, 0.15) is 0 Å². The Labute approximate surface area is 137 Å². The van der Waals surface area contributed by atoms with Crippen molar-refractivity contribution in [1.29, 1.82) is 0 Å². The summed E-state index contributed by atoms with van der Waals surface area (Å²) >= 11 is 0. The Hall–Kier alpha value is -2.49. The standard InChI is InChI=1S/C14H19FO9/c1-7(16)21-6-5-11(22-8(2)17)12(23-9(3)18)13(14(15)20)24-10(4)19/h11,14,20H,5-6H2,1-4H3/b13-12-. The van der Waals surface area contributed by atoms with Gasteiger partial charge in [0.15, 0.2) is 11.9 Å². The molecule has 0 aliphatic carbocycles. The summed E-state index contributed by atoms with van der Waals surface area (Å²) in [5.74, 6) is -5.15. The molecule has 136 valence electrons. The average Bonchev–Trinajstić information content (AvgIpc) is 2.40. The van der Waals surface area contributed by atoms with E-state index < -0.39 is 47.9 Å². The summed E-state index contributed by atoms with van der Waals surface area (Å²) in [6.07, 6.45) is -4.50. The van der Waals surface area contributed by atoms with Gasteiger partial charge in [-0.1, -0.05) is 0 Å². The molecule has 0 fully saturated rings. The van der Waals surface area contributed by atoms with Gasteiger partial charge in [-0.15, -0.1) is 0 Å². The number of ether oxygens (including phenoxy) is 4. The van der Waals surface area contributed by atoms with Crippen LogP contribution in [0.3, 0.4) is 0 Å². The molecule has 0 amide bonds. The molecule has 2 unspecified atom stereocenters. The van der Waals surface area contributed by atoms with Crippen LogP contribution in [-0.2, 0) is 38.1 Å². The van der Waals surface area contributed by atoms with Crippen molar-refractivity contribution in [2.75, 3.05) is 6.61 Å². The normalized spacial score (nSPS) is 13.9. The maximum absolute atomic E-state index is 13.4. The van der Waals surface area contributed by atoms with Crippen LogP contribution >= 0.6 is 0 Å². The van der Waals surface area contributed by atoms with E-state index in [1.165, 1.54) is 0 Å². The van der Waals surface area contributed by atoms with Gasteiger partial charge in [0.05, 0.1) is 6.61 Å². The van der Waals surface area contributed by atoms with Crippen LogP contribution in [0.4, 0.5) is 4.39 Å². The highest BCUT2D eigenvalue weighted by molar-refractivity contribution is 5.70. The van der Waals surface area contributed by atoms with E-state index in [2.05, 4.69) is 9.47 Å². The fourth-order valence-electron chi connectivity index (χ4n) is 1.55. The Morgan fingerprint density at radius 3 is 1.75 bits per heavy atom. The number of rotatable bonds is 8. The molecule has 0 aromatic carbocycles. The molecule has 2 atom stereocenters. The monoisotopic (exact) mass is 350 g/mol. The molecule has 10 heteroatoms. The van der Waals surface area contributed by atoms with E-state index in [1.54, 1.807) is 0 Å².